The lowest BCUT2D eigenvalue weighted by Crippen LogP contribution is -2.42. The van der Waals surface area contributed by atoms with Gasteiger partial charge in [-0.25, -0.2) is 0 Å². The third-order valence-electron chi connectivity index (χ3n) is 3.12. The van der Waals surface area contributed by atoms with Gasteiger partial charge < -0.3 is 10.4 Å². The standard InChI is InChI=1S/C11H19NO3S/c1-7(11(14)15)10(13)12-8-3-5-9(16-2)6-4-8/h7-9H,3-6H2,1-2H3,(H,12,13)(H,14,15). The number of carboxylic acids is 1. The van der Waals surface area contributed by atoms with Gasteiger partial charge >= 0.3 is 5.97 Å². The molecule has 4 nitrogen and oxygen atoms in total. The summed E-state index contributed by atoms with van der Waals surface area (Å²) >= 11 is 1.87. The third-order valence-corrected chi connectivity index (χ3v) is 4.26. The second kappa shape index (κ2) is 6.13. The molecule has 1 fully saturated rings. The van der Waals surface area contributed by atoms with Crippen molar-refractivity contribution < 1.29 is 14.7 Å². The summed E-state index contributed by atoms with van der Waals surface area (Å²) < 4.78 is 0. The summed E-state index contributed by atoms with van der Waals surface area (Å²) in [7, 11) is 0. The quantitative estimate of drug-likeness (QED) is 0.737. The van der Waals surface area contributed by atoms with Crippen LogP contribution < -0.4 is 5.32 Å². The summed E-state index contributed by atoms with van der Waals surface area (Å²) in [6.45, 7) is 1.42. The highest BCUT2D eigenvalue weighted by atomic mass is 32.2. The highest BCUT2D eigenvalue weighted by Gasteiger charge is 2.26. The number of aliphatic carboxylic acids is 1. The molecule has 5 heteroatoms. The van der Waals surface area contributed by atoms with Gasteiger partial charge in [0, 0.05) is 11.3 Å². The molecule has 0 bridgehead atoms. The molecule has 0 radical (unpaired) electrons. The van der Waals surface area contributed by atoms with Crippen LogP contribution in [0.1, 0.15) is 32.6 Å². The van der Waals surface area contributed by atoms with Crippen LogP contribution in [0.25, 0.3) is 0 Å². The molecule has 0 spiro atoms. The molecule has 1 unspecified atom stereocenters. The van der Waals surface area contributed by atoms with E-state index in [1.165, 1.54) is 6.92 Å². The predicted molar refractivity (Wildman–Crippen MR) is 64.5 cm³/mol. The Bertz CT molecular complexity index is 262. The van der Waals surface area contributed by atoms with Crippen LogP contribution in [0, 0.1) is 5.92 Å². The SMILES string of the molecule is CSC1CCC(NC(=O)C(C)C(=O)O)CC1. The minimum Gasteiger partial charge on any atom is -0.481 e. The monoisotopic (exact) mass is 245 g/mol. The first-order chi connectivity index (χ1) is 7.54. The first kappa shape index (κ1) is 13.4. The Hall–Kier alpha value is -0.710. The number of rotatable bonds is 4. The van der Waals surface area contributed by atoms with Crippen molar-refractivity contribution in [2.24, 2.45) is 5.92 Å². The minimum absolute atomic E-state index is 0.165. The smallest absolute Gasteiger partial charge is 0.315 e. The molecule has 0 aliphatic heterocycles. The fourth-order valence-corrected chi connectivity index (χ4v) is 2.62. The molecule has 16 heavy (non-hydrogen) atoms. The summed E-state index contributed by atoms with van der Waals surface area (Å²) in [5, 5.41) is 12.2. The largest absolute Gasteiger partial charge is 0.481 e. The van der Waals surface area contributed by atoms with Gasteiger partial charge in [-0.15, -0.1) is 0 Å². The molecule has 0 heterocycles. The fourth-order valence-electron chi connectivity index (χ4n) is 1.88. The molecular weight excluding hydrogens is 226 g/mol. The van der Waals surface area contributed by atoms with Crippen LogP contribution in [-0.4, -0.2) is 34.5 Å². The lowest BCUT2D eigenvalue weighted by molar-refractivity contribution is -0.146. The van der Waals surface area contributed by atoms with Crippen molar-refractivity contribution in [3.8, 4) is 0 Å². The number of amides is 1. The van der Waals surface area contributed by atoms with E-state index in [4.69, 9.17) is 5.11 Å². The van der Waals surface area contributed by atoms with E-state index in [0.717, 1.165) is 25.7 Å². The van der Waals surface area contributed by atoms with Gasteiger partial charge in [0.1, 0.15) is 5.92 Å². The van der Waals surface area contributed by atoms with Crippen LogP contribution in [0.3, 0.4) is 0 Å². The summed E-state index contributed by atoms with van der Waals surface area (Å²) in [5.74, 6) is -2.37. The Balaban J connectivity index is 2.33. The fraction of sp³-hybridized carbons (Fsp3) is 0.818. The number of hydrogen-bond donors (Lipinski definition) is 2. The average Bonchev–Trinajstić information content (AvgIpc) is 2.28. The van der Waals surface area contributed by atoms with Crippen LogP contribution in [-0.2, 0) is 9.59 Å². The number of nitrogens with one attached hydrogen (secondary N) is 1. The van der Waals surface area contributed by atoms with E-state index in [-0.39, 0.29) is 11.9 Å². The average molecular weight is 245 g/mol. The highest BCUT2D eigenvalue weighted by molar-refractivity contribution is 7.99. The van der Waals surface area contributed by atoms with Gasteiger partial charge in [-0.05, 0) is 38.9 Å². The maximum absolute atomic E-state index is 11.5. The van der Waals surface area contributed by atoms with Crippen molar-refractivity contribution in [2.45, 2.75) is 43.9 Å². The molecule has 0 saturated heterocycles. The van der Waals surface area contributed by atoms with Crippen LogP contribution in [0.15, 0.2) is 0 Å². The molecule has 2 N–H and O–H groups in total. The Morgan fingerprint density at radius 1 is 1.31 bits per heavy atom. The van der Waals surface area contributed by atoms with Crippen molar-refractivity contribution in [3.63, 3.8) is 0 Å². The number of thioether (sulfide) groups is 1. The van der Waals surface area contributed by atoms with Gasteiger partial charge in [-0.3, -0.25) is 9.59 Å². The van der Waals surface area contributed by atoms with Crippen molar-refractivity contribution in [1.29, 1.82) is 0 Å². The number of hydrogen-bond acceptors (Lipinski definition) is 3. The summed E-state index contributed by atoms with van der Waals surface area (Å²) in [6, 6.07) is 0.165. The van der Waals surface area contributed by atoms with Gasteiger partial charge in [0.15, 0.2) is 0 Å². The number of carbonyl (C=O) groups is 2. The normalized spacial score (nSPS) is 27.1. The second-order valence-corrected chi connectivity index (χ2v) is 5.42. The topological polar surface area (TPSA) is 66.4 Å². The van der Waals surface area contributed by atoms with Crippen molar-refractivity contribution >= 4 is 23.6 Å². The van der Waals surface area contributed by atoms with E-state index < -0.39 is 11.9 Å². The molecule has 0 aromatic rings. The van der Waals surface area contributed by atoms with E-state index in [0.29, 0.717) is 5.25 Å². The molecule has 1 aliphatic rings. The summed E-state index contributed by atoms with van der Waals surface area (Å²) in [6.07, 6.45) is 6.24. The molecular formula is C11H19NO3S. The molecule has 1 amide bonds. The van der Waals surface area contributed by atoms with Crippen LogP contribution in [0.5, 0.6) is 0 Å². The van der Waals surface area contributed by atoms with E-state index in [9.17, 15) is 9.59 Å². The first-order valence-corrected chi connectivity index (χ1v) is 6.89. The summed E-state index contributed by atoms with van der Waals surface area (Å²) in [4.78, 5) is 22.1. The van der Waals surface area contributed by atoms with Crippen molar-refractivity contribution in [3.05, 3.63) is 0 Å². The maximum Gasteiger partial charge on any atom is 0.315 e. The van der Waals surface area contributed by atoms with E-state index in [1.54, 1.807) is 0 Å². The Labute approximate surface area is 100 Å². The van der Waals surface area contributed by atoms with Crippen LogP contribution in [0.4, 0.5) is 0 Å². The first-order valence-electron chi connectivity index (χ1n) is 5.60. The maximum atomic E-state index is 11.5. The molecule has 1 rings (SSSR count). The zero-order valence-corrected chi connectivity index (χ0v) is 10.5. The molecule has 1 aliphatic carbocycles. The second-order valence-electron chi connectivity index (χ2n) is 4.28. The van der Waals surface area contributed by atoms with Gasteiger partial charge in [0.25, 0.3) is 0 Å². The number of carbonyl (C=O) groups excluding carboxylic acids is 1. The Kier molecular flexibility index (Phi) is 5.12. The number of carboxylic acid groups (broad SMARTS) is 1. The Morgan fingerprint density at radius 3 is 2.31 bits per heavy atom. The van der Waals surface area contributed by atoms with Gasteiger partial charge in [-0.1, -0.05) is 0 Å². The zero-order valence-electron chi connectivity index (χ0n) is 9.73. The summed E-state index contributed by atoms with van der Waals surface area (Å²) in [5.41, 5.74) is 0. The molecule has 0 aromatic carbocycles. The molecule has 1 saturated carbocycles. The van der Waals surface area contributed by atoms with Crippen molar-refractivity contribution in [1.82, 2.24) is 5.32 Å². The van der Waals surface area contributed by atoms with Gasteiger partial charge in [0.2, 0.25) is 5.91 Å². The molecule has 92 valence electrons. The lowest BCUT2D eigenvalue weighted by atomic mass is 9.94. The van der Waals surface area contributed by atoms with E-state index in [1.807, 2.05) is 11.8 Å². The van der Waals surface area contributed by atoms with Gasteiger partial charge in [-0.2, -0.15) is 11.8 Å². The molecule has 0 aromatic heterocycles. The zero-order chi connectivity index (χ0) is 12.1. The third kappa shape index (κ3) is 3.70. The van der Waals surface area contributed by atoms with Gasteiger partial charge in [0.05, 0.1) is 0 Å². The Morgan fingerprint density at radius 2 is 1.88 bits per heavy atom. The molecule has 1 atom stereocenters. The van der Waals surface area contributed by atoms with Crippen LogP contribution >= 0.6 is 11.8 Å². The highest BCUT2D eigenvalue weighted by Crippen LogP contribution is 2.26. The van der Waals surface area contributed by atoms with Crippen LogP contribution in [0.2, 0.25) is 0 Å². The minimum atomic E-state index is -1.06. The van der Waals surface area contributed by atoms with E-state index >= 15 is 0 Å². The predicted octanol–water partition coefficient (Wildman–Crippen LogP) is 1.50. The van der Waals surface area contributed by atoms with Crippen molar-refractivity contribution in [2.75, 3.05) is 6.26 Å². The van der Waals surface area contributed by atoms with E-state index in [2.05, 4.69) is 11.6 Å². The lowest BCUT2D eigenvalue weighted by Gasteiger charge is -2.28.